The molecule has 0 saturated heterocycles. The highest BCUT2D eigenvalue weighted by Crippen LogP contribution is 2.33. The first kappa shape index (κ1) is 13.8. The minimum atomic E-state index is 0.264. The molecule has 21 heavy (non-hydrogen) atoms. The molecule has 0 unspecified atom stereocenters. The zero-order valence-corrected chi connectivity index (χ0v) is 12.3. The zero-order valence-electron chi connectivity index (χ0n) is 11.5. The molecule has 1 aliphatic heterocycles. The quantitative estimate of drug-likeness (QED) is 0.845. The van der Waals surface area contributed by atoms with Gasteiger partial charge >= 0.3 is 0 Å². The van der Waals surface area contributed by atoms with Crippen LogP contribution in [0.1, 0.15) is 18.3 Å². The molecule has 0 aliphatic carbocycles. The lowest BCUT2D eigenvalue weighted by Gasteiger charge is -2.11. The first-order chi connectivity index (χ1) is 10.2. The van der Waals surface area contributed by atoms with Crippen molar-refractivity contribution < 1.29 is 9.47 Å². The fourth-order valence-electron chi connectivity index (χ4n) is 2.02. The number of benzene rings is 1. The molecule has 3 rings (SSSR count). The van der Waals surface area contributed by atoms with Gasteiger partial charge in [0.15, 0.2) is 22.5 Å². The third-order valence-corrected chi connectivity index (χ3v) is 3.45. The van der Waals surface area contributed by atoms with Gasteiger partial charge in [0.25, 0.3) is 0 Å². The summed E-state index contributed by atoms with van der Waals surface area (Å²) in [6.45, 7) is 2.78. The van der Waals surface area contributed by atoms with Gasteiger partial charge in [-0.3, -0.25) is 0 Å². The maximum absolute atomic E-state index is 6.00. The number of fused-ring (bicyclic) bond motifs is 1. The summed E-state index contributed by atoms with van der Waals surface area (Å²) in [6.07, 6.45) is 0.693. The number of hydrogen-bond acceptors (Lipinski definition) is 6. The number of aryl methyl sites for hydroxylation is 1. The summed E-state index contributed by atoms with van der Waals surface area (Å²) in [5.74, 6) is 2.71. The SMILES string of the molecule is CCc1nc(Cl)c(N)c(NCc2ccc3c(c2)OCO3)n1. The van der Waals surface area contributed by atoms with Gasteiger partial charge < -0.3 is 20.5 Å². The predicted octanol–water partition coefficient (Wildman–Crippen LogP) is 2.62. The van der Waals surface area contributed by atoms with Crippen molar-refractivity contribution >= 4 is 23.1 Å². The summed E-state index contributed by atoms with van der Waals surface area (Å²) in [5, 5.41) is 3.45. The van der Waals surface area contributed by atoms with E-state index in [1.807, 2.05) is 25.1 Å². The number of nitrogens with one attached hydrogen (secondary N) is 1. The Morgan fingerprint density at radius 1 is 1.29 bits per heavy atom. The molecule has 0 fully saturated rings. The number of halogens is 1. The Morgan fingerprint density at radius 3 is 2.90 bits per heavy atom. The Kier molecular flexibility index (Phi) is 3.70. The van der Waals surface area contributed by atoms with E-state index >= 15 is 0 Å². The van der Waals surface area contributed by atoms with Crippen molar-refractivity contribution in [2.24, 2.45) is 0 Å². The van der Waals surface area contributed by atoms with Gasteiger partial charge in [-0.2, -0.15) is 0 Å². The first-order valence-electron chi connectivity index (χ1n) is 6.61. The predicted molar refractivity (Wildman–Crippen MR) is 80.7 cm³/mol. The average molecular weight is 307 g/mol. The molecule has 0 amide bonds. The van der Waals surface area contributed by atoms with E-state index in [0.29, 0.717) is 30.3 Å². The van der Waals surface area contributed by atoms with Gasteiger partial charge in [0, 0.05) is 13.0 Å². The molecule has 0 atom stereocenters. The standard InChI is InChI=1S/C14H15ClN4O2/c1-2-11-18-13(15)12(16)14(19-11)17-6-8-3-4-9-10(5-8)21-7-20-9/h3-5H,2,6-7,16H2,1H3,(H,17,18,19). The lowest BCUT2D eigenvalue weighted by molar-refractivity contribution is 0.174. The summed E-state index contributed by atoms with van der Waals surface area (Å²) in [5.41, 5.74) is 7.29. The molecule has 0 saturated carbocycles. The van der Waals surface area contributed by atoms with Gasteiger partial charge in [-0.15, -0.1) is 0 Å². The lowest BCUT2D eigenvalue weighted by atomic mass is 10.2. The largest absolute Gasteiger partial charge is 0.454 e. The van der Waals surface area contributed by atoms with E-state index in [9.17, 15) is 0 Å². The summed E-state index contributed by atoms with van der Waals surface area (Å²) < 4.78 is 10.6. The topological polar surface area (TPSA) is 82.3 Å². The van der Waals surface area contributed by atoms with E-state index < -0.39 is 0 Å². The molecule has 7 heteroatoms. The first-order valence-corrected chi connectivity index (χ1v) is 6.99. The maximum Gasteiger partial charge on any atom is 0.231 e. The van der Waals surface area contributed by atoms with Gasteiger partial charge in [0.1, 0.15) is 11.5 Å². The van der Waals surface area contributed by atoms with Crippen molar-refractivity contribution in [3.8, 4) is 11.5 Å². The Hall–Kier alpha value is -2.21. The molecule has 1 aliphatic rings. The minimum absolute atomic E-state index is 0.264. The summed E-state index contributed by atoms with van der Waals surface area (Å²) in [4.78, 5) is 8.46. The van der Waals surface area contributed by atoms with Crippen LogP contribution in [0.3, 0.4) is 0 Å². The molecule has 3 N–H and O–H groups in total. The molecule has 0 bridgehead atoms. The molecule has 2 aromatic rings. The Balaban J connectivity index is 1.77. The van der Waals surface area contributed by atoms with E-state index in [2.05, 4.69) is 15.3 Å². The fraction of sp³-hybridized carbons (Fsp3) is 0.286. The third-order valence-electron chi connectivity index (χ3n) is 3.16. The second kappa shape index (κ2) is 5.65. The van der Waals surface area contributed by atoms with Crippen molar-refractivity contribution in [2.45, 2.75) is 19.9 Å². The number of ether oxygens (including phenoxy) is 2. The average Bonchev–Trinajstić information content (AvgIpc) is 2.96. The van der Waals surface area contributed by atoms with Gasteiger partial charge in [-0.25, -0.2) is 9.97 Å². The number of hydrogen-bond donors (Lipinski definition) is 2. The van der Waals surface area contributed by atoms with Gasteiger partial charge in [0.05, 0.1) is 0 Å². The van der Waals surface area contributed by atoms with Crippen LogP contribution in [0.5, 0.6) is 11.5 Å². The second-order valence-electron chi connectivity index (χ2n) is 4.59. The molecule has 1 aromatic heterocycles. The van der Waals surface area contributed by atoms with Crippen LogP contribution in [0.25, 0.3) is 0 Å². The summed E-state index contributed by atoms with van der Waals surface area (Å²) in [6, 6.07) is 5.77. The van der Waals surface area contributed by atoms with Crippen LogP contribution in [0.15, 0.2) is 18.2 Å². The summed E-state index contributed by atoms with van der Waals surface area (Å²) >= 11 is 6.00. The molecular weight excluding hydrogens is 292 g/mol. The van der Waals surface area contributed by atoms with Crippen LogP contribution in [0.2, 0.25) is 5.15 Å². The third kappa shape index (κ3) is 2.80. The number of rotatable bonds is 4. The van der Waals surface area contributed by atoms with Gasteiger partial charge in [0.2, 0.25) is 6.79 Å². The summed E-state index contributed by atoms with van der Waals surface area (Å²) in [7, 11) is 0. The monoisotopic (exact) mass is 306 g/mol. The molecule has 2 heterocycles. The molecular formula is C14H15ClN4O2. The molecule has 6 nitrogen and oxygen atoms in total. The number of nitrogens with two attached hydrogens (primary N) is 1. The normalized spacial score (nSPS) is 12.5. The van der Waals surface area contributed by atoms with E-state index in [0.717, 1.165) is 17.1 Å². The van der Waals surface area contributed by atoms with Crippen LogP contribution in [0, 0.1) is 0 Å². The second-order valence-corrected chi connectivity index (χ2v) is 4.95. The molecule has 0 spiro atoms. The van der Waals surface area contributed by atoms with E-state index in [4.69, 9.17) is 26.8 Å². The van der Waals surface area contributed by atoms with E-state index in [-0.39, 0.29) is 11.9 Å². The van der Waals surface area contributed by atoms with E-state index in [1.54, 1.807) is 0 Å². The van der Waals surface area contributed by atoms with Crippen molar-refractivity contribution in [3.63, 3.8) is 0 Å². The van der Waals surface area contributed by atoms with Crippen molar-refractivity contribution in [1.82, 2.24) is 9.97 Å². The van der Waals surface area contributed by atoms with Crippen LogP contribution < -0.4 is 20.5 Å². The molecule has 110 valence electrons. The number of nitrogens with zero attached hydrogens (tertiary/aromatic N) is 2. The highest BCUT2D eigenvalue weighted by Gasteiger charge is 2.14. The highest BCUT2D eigenvalue weighted by molar-refractivity contribution is 6.32. The van der Waals surface area contributed by atoms with Crippen molar-refractivity contribution in [3.05, 3.63) is 34.7 Å². The van der Waals surface area contributed by atoms with Crippen molar-refractivity contribution in [2.75, 3.05) is 17.8 Å². The van der Waals surface area contributed by atoms with Crippen LogP contribution in [0.4, 0.5) is 11.5 Å². The van der Waals surface area contributed by atoms with Crippen molar-refractivity contribution in [1.29, 1.82) is 0 Å². The Labute approximate surface area is 127 Å². The molecule has 1 aromatic carbocycles. The molecule has 0 radical (unpaired) electrons. The smallest absolute Gasteiger partial charge is 0.231 e. The van der Waals surface area contributed by atoms with Crippen LogP contribution in [-0.2, 0) is 13.0 Å². The van der Waals surface area contributed by atoms with Gasteiger partial charge in [-0.05, 0) is 17.7 Å². The Bertz CT molecular complexity index is 678. The van der Waals surface area contributed by atoms with Crippen LogP contribution >= 0.6 is 11.6 Å². The highest BCUT2D eigenvalue weighted by atomic mass is 35.5. The number of aromatic nitrogens is 2. The fourth-order valence-corrected chi connectivity index (χ4v) is 2.20. The minimum Gasteiger partial charge on any atom is -0.454 e. The van der Waals surface area contributed by atoms with Gasteiger partial charge in [-0.1, -0.05) is 24.6 Å². The zero-order chi connectivity index (χ0) is 14.8. The number of nitrogen functional groups attached to an aromatic ring is 1. The maximum atomic E-state index is 6.00. The number of anilines is 2. The Morgan fingerprint density at radius 2 is 2.10 bits per heavy atom. The van der Waals surface area contributed by atoms with Crippen LogP contribution in [-0.4, -0.2) is 16.8 Å². The van der Waals surface area contributed by atoms with E-state index in [1.165, 1.54) is 0 Å². The lowest BCUT2D eigenvalue weighted by Crippen LogP contribution is -2.08.